The van der Waals surface area contributed by atoms with Crippen molar-refractivity contribution in [3.63, 3.8) is 0 Å². The van der Waals surface area contributed by atoms with Crippen LogP contribution in [0.15, 0.2) is 71.1 Å². The predicted molar refractivity (Wildman–Crippen MR) is 163 cm³/mol. The van der Waals surface area contributed by atoms with Crippen molar-refractivity contribution in [2.24, 2.45) is 5.41 Å². The van der Waals surface area contributed by atoms with Gasteiger partial charge in [-0.05, 0) is 49.2 Å². The van der Waals surface area contributed by atoms with Crippen LogP contribution in [0.3, 0.4) is 0 Å². The van der Waals surface area contributed by atoms with Gasteiger partial charge in [-0.3, -0.25) is 14.4 Å². The first-order valence-corrected chi connectivity index (χ1v) is 15.1. The van der Waals surface area contributed by atoms with E-state index in [9.17, 15) is 22.8 Å². The van der Waals surface area contributed by atoms with Crippen molar-refractivity contribution in [2.75, 3.05) is 27.7 Å². The molecule has 0 bridgehead atoms. The largest absolute Gasteiger partial charge is 0.497 e. The van der Waals surface area contributed by atoms with Crippen molar-refractivity contribution in [2.45, 2.75) is 63.9 Å². The number of likely N-dealkylation sites (N-methyl/N-ethyl adjacent to an activating group) is 2. The number of methoxy groups -OCH3 is 1. The van der Waals surface area contributed by atoms with Crippen LogP contribution in [0.1, 0.15) is 47.1 Å². The molecule has 10 nitrogen and oxygen atoms in total. The number of benzene rings is 2. The summed E-state index contributed by atoms with van der Waals surface area (Å²) in [5, 5.41) is 6.06. The topological polar surface area (TPSA) is 134 Å². The fourth-order valence-corrected chi connectivity index (χ4v) is 5.44. The number of nitrogens with one attached hydrogen (secondary N) is 3. The van der Waals surface area contributed by atoms with Crippen molar-refractivity contribution >= 4 is 27.7 Å². The normalized spacial score (nSPS) is 14.0. The first-order valence-electron chi connectivity index (χ1n) is 13.6. The number of sulfonamides is 1. The van der Waals surface area contributed by atoms with Crippen LogP contribution in [-0.2, 0) is 29.8 Å². The summed E-state index contributed by atoms with van der Waals surface area (Å²) >= 11 is 0. The van der Waals surface area contributed by atoms with Gasteiger partial charge in [0, 0.05) is 24.6 Å². The van der Waals surface area contributed by atoms with Crippen LogP contribution in [0, 0.1) is 5.41 Å². The first-order chi connectivity index (χ1) is 19.4. The Morgan fingerprint density at radius 2 is 1.52 bits per heavy atom. The number of ether oxygens (including phenoxy) is 1. The Bertz CT molecular complexity index is 1380. The summed E-state index contributed by atoms with van der Waals surface area (Å²) in [6.45, 7) is 11.0. The molecule has 0 aromatic heterocycles. The van der Waals surface area contributed by atoms with E-state index in [0.717, 1.165) is 5.56 Å². The van der Waals surface area contributed by atoms with E-state index < -0.39 is 38.8 Å². The number of carbonyl (C=O) groups excluding carboxylic acids is 3. The van der Waals surface area contributed by atoms with Gasteiger partial charge in [-0.15, -0.1) is 0 Å². The highest BCUT2D eigenvalue weighted by Crippen LogP contribution is 2.28. The van der Waals surface area contributed by atoms with E-state index in [1.165, 1.54) is 49.3 Å². The van der Waals surface area contributed by atoms with Crippen LogP contribution >= 0.6 is 0 Å². The summed E-state index contributed by atoms with van der Waals surface area (Å²) in [5.74, 6) is -0.996. The summed E-state index contributed by atoms with van der Waals surface area (Å²) in [4.78, 5) is 41.1. The molecule has 42 heavy (non-hydrogen) atoms. The Hall–Kier alpha value is -3.70. The molecule has 2 atom stereocenters. The fourth-order valence-electron chi connectivity index (χ4n) is 4.42. The Balaban J connectivity index is 2.15. The van der Waals surface area contributed by atoms with Gasteiger partial charge in [-0.2, -0.15) is 0 Å². The van der Waals surface area contributed by atoms with Crippen LogP contribution in [-0.4, -0.2) is 70.9 Å². The van der Waals surface area contributed by atoms with E-state index in [1.807, 2.05) is 69.7 Å². The number of amides is 3. The lowest BCUT2D eigenvalue weighted by Gasteiger charge is -2.38. The van der Waals surface area contributed by atoms with Crippen molar-refractivity contribution in [3.05, 3.63) is 71.8 Å². The van der Waals surface area contributed by atoms with Gasteiger partial charge in [0.1, 0.15) is 11.8 Å². The molecule has 0 heterocycles. The molecule has 0 aliphatic carbocycles. The third-order valence-electron chi connectivity index (χ3n) is 7.19. The summed E-state index contributed by atoms with van der Waals surface area (Å²) in [6.07, 6.45) is 1.47. The minimum Gasteiger partial charge on any atom is -0.497 e. The average molecular weight is 601 g/mol. The SMILES string of the molecule is CN[C@H](C(=O)NC(C(=O)N(C)C/C=C(\C)C(=O)NS(=O)(=O)c1ccc(OC)cc1)C(C)(C)C)C(C)(C)c1ccccc1. The molecular weight excluding hydrogens is 556 g/mol. The molecule has 0 aliphatic rings. The zero-order chi connectivity index (χ0) is 31.9. The molecule has 2 rings (SSSR count). The average Bonchev–Trinajstić information content (AvgIpc) is 2.93. The van der Waals surface area contributed by atoms with E-state index in [-0.39, 0.29) is 28.8 Å². The molecule has 0 spiro atoms. The number of carbonyl (C=O) groups is 3. The van der Waals surface area contributed by atoms with Gasteiger partial charge in [-0.1, -0.05) is 71.0 Å². The molecule has 0 saturated heterocycles. The van der Waals surface area contributed by atoms with Crippen LogP contribution in [0.2, 0.25) is 0 Å². The zero-order valence-electron chi connectivity index (χ0n) is 25.9. The standard InChI is InChI=1S/C31H44N4O6S/c1-21(27(36)34-42(39,40)24-17-15-23(41-9)16-18-24)19-20-35(8)29(38)26(30(2,3)4)33-28(37)25(32-7)31(5,6)22-13-11-10-12-14-22/h10-19,25-26,32H,20H2,1-9H3,(H,33,37)(H,34,36)/b21-19+/t25-,26?/m1/s1. The highest BCUT2D eigenvalue weighted by atomic mass is 32.2. The van der Waals surface area contributed by atoms with E-state index in [1.54, 1.807) is 14.1 Å². The molecule has 0 radical (unpaired) electrons. The summed E-state index contributed by atoms with van der Waals surface area (Å²) in [7, 11) is 0.632. The van der Waals surface area contributed by atoms with E-state index >= 15 is 0 Å². The number of hydrogen-bond donors (Lipinski definition) is 3. The van der Waals surface area contributed by atoms with Gasteiger partial charge in [-0.25, -0.2) is 13.1 Å². The summed E-state index contributed by atoms with van der Waals surface area (Å²) in [5.41, 5.74) is -0.110. The molecule has 1 unspecified atom stereocenters. The first kappa shape index (κ1) is 34.5. The highest BCUT2D eigenvalue weighted by molar-refractivity contribution is 7.90. The smallest absolute Gasteiger partial charge is 0.264 e. The maximum atomic E-state index is 13.6. The number of nitrogens with zero attached hydrogens (tertiary/aromatic N) is 1. The highest BCUT2D eigenvalue weighted by Gasteiger charge is 2.40. The Kier molecular flexibility index (Phi) is 11.5. The molecule has 0 fully saturated rings. The van der Waals surface area contributed by atoms with Crippen LogP contribution in [0.5, 0.6) is 5.75 Å². The van der Waals surface area contributed by atoms with Gasteiger partial charge in [0.15, 0.2) is 0 Å². The van der Waals surface area contributed by atoms with Gasteiger partial charge >= 0.3 is 0 Å². The van der Waals surface area contributed by atoms with Crippen molar-refractivity contribution in [1.29, 1.82) is 0 Å². The Morgan fingerprint density at radius 1 is 0.952 bits per heavy atom. The molecular formula is C31H44N4O6S. The minimum atomic E-state index is -4.10. The molecule has 0 aliphatic heterocycles. The fraction of sp³-hybridized carbons (Fsp3) is 0.452. The van der Waals surface area contributed by atoms with E-state index in [2.05, 4.69) is 10.6 Å². The van der Waals surface area contributed by atoms with Gasteiger partial charge in [0.2, 0.25) is 11.8 Å². The minimum absolute atomic E-state index is 0.0219. The maximum absolute atomic E-state index is 13.6. The number of hydrogen-bond acceptors (Lipinski definition) is 7. The summed E-state index contributed by atoms with van der Waals surface area (Å²) < 4.78 is 32.3. The second kappa shape index (κ2) is 14.0. The lowest BCUT2D eigenvalue weighted by molar-refractivity contribution is -0.139. The van der Waals surface area contributed by atoms with E-state index in [4.69, 9.17) is 4.74 Å². The van der Waals surface area contributed by atoms with Gasteiger partial charge < -0.3 is 20.3 Å². The van der Waals surface area contributed by atoms with Gasteiger partial charge in [0.25, 0.3) is 15.9 Å². The second-order valence-electron chi connectivity index (χ2n) is 11.8. The molecule has 2 aromatic rings. The molecule has 11 heteroatoms. The third-order valence-corrected chi connectivity index (χ3v) is 8.54. The molecule has 230 valence electrons. The van der Waals surface area contributed by atoms with E-state index in [0.29, 0.717) is 5.75 Å². The summed E-state index contributed by atoms with van der Waals surface area (Å²) in [6, 6.07) is 13.8. The Morgan fingerprint density at radius 3 is 2.02 bits per heavy atom. The molecule has 0 saturated carbocycles. The lowest BCUT2D eigenvalue weighted by atomic mass is 9.76. The van der Waals surface area contributed by atoms with Crippen LogP contribution in [0.4, 0.5) is 0 Å². The van der Waals surface area contributed by atoms with Gasteiger partial charge in [0.05, 0.1) is 18.0 Å². The predicted octanol–water partition coefficient (Wildman–Crippen LogP) is 3.00. The maximum Gasteiger partial charge on any atom is 0.264 e. The lowest BCUT2D eigenvalue weighted by Crippen LogP contribution is -2.60. The molecule has 2 aromatic carbocycles. The second-order valence-corrected chi connectivity index (χ2v) is 13.5. The van der Waals surface area contributed by atoms with Crippen LogP contribution < -0.4 is 20.1 Å². The van der Waals surface area contributed by atoms with Crippen molar-refractivity contribution in [1.82, 2.24) is 20.3 Å². The van der Waals surface area contributed by atoms with Crippen molar-refractivity contribution < 1.29 is 27.5 Å². The number of rotatable bonds is 12. The Labute approximate surface area is 250 Å². The molecule has 3 amide bonds. The van der Waals surface area contributed by atoms with Crippen molar-refractivity contribution in [3.8, 4) is 5.75 Å². The quantitative estimate of drug-likeness (QED) is 0.319. The molecule has 3 N–H and O–H groups in total. The zero-order valence-corrected chi connectivity index (χ0v) is 26.8. The monoisotopic (exact) mass is 600 g/mol. The van der Waals surface area contributed by atoms with Crippen LogP contribution in [0.25, 0.3) is 0 Å². The third kappa shape index (κ3) is 8.65.